The molecule has 0 aromatic heterocycles. The average molecular weight is 156 g/mol. The number of nitrogens with two attached hydrogens (primary N) is 1. The molecule has 11 heavy (non-hydrogen) atoms. The van der Waals surface area contributed by atoms with Crippen LogP contribution >= 0.6 is 0 Å². The molecule has 1 fully saturated rings. The molecule has 2 nitrogen and oxygen atoms in total. The zero-order valence-corrected chi connectivity index (χ0v) is 7.71. The summed E-state index contributed by atoms with van der Waals surface area (Å²) in [5.41, 5.74) is 5.86. The van der Waals surface area contributed by atoms with Crippen molar-refractivity contribution in [3.63, 3.8) is 0 Å². The van der Waals surface area contributed by atoms with Crippen LogP contribution in [0.5, 0.6) is 0 Å². The standard InChI is InChI=1S/C9H20N2/c1-8(2)6-11-5-3-4-9(10)7-11/h8-9H,3-7,10H2,1-2H3/t9-/m1/s1. The van der Waals surface area contributed by atoms with Crippen LogP contribution in [0.15, 0.2) is 0 Å². The fraction of sp³-hybridized carbons (Fsp3) is 1.00. The molecular weight excluding hydrogens is 136 g/mol. The molecular formula is C9H20N2. The molecule has 0 aromatic rings. The predicted molar refractivity (Wildman–Crippen MR) is 48.5 cm³/mol. The molecule has 2 heteroatoms. The van der Waals surface area contributed by atoms with Gasteiger partial charge in [0, 0.05) is 19.1 Å². The zero-order chi connectivity index (χ0) is 8.27. The lowest BCUT2D eigenvalue weighted by molar-refractivity contribution is 0.189. The summed E-state index contributed by atoms with van der Waals surface area (Å²) in [6.07, 6.45) is 2.50. The van der Waals surface area contributed by atoms with Gasteiger partial charge < -0.3 is 10.6 Å². The van der Waals surface area contributed by atoms with E-state index in [0.717, 1.165) is 12.5 Å². The Morgan fingerprint density at radius 3 is 2.82 bits per heavy atom. The lowest BCUT2D eigenvalue weighted by Gasteiger charge is -2.31. The molecule has 0 radical (unpaired) electrons. The van der Waals surface area contributed by atoms with Gasteiger partial charge in [0.05, 0.1) is 0 Å². The Bertz CT molecular complexity index is 110. The lowest BCUT2D eigenvalue weighted by Crippen LogP contribution is -2.44. The molecule has 1 aliphatic heterocycles. The molecule has 0 saturated carbocycles. The molecule has 1 heterocycles. The highest BCUT2D eigenvalue weighted by Gasteiger charge is 2.16. The van der Waals surface area contributed by atoms with Gasteiger partial charge in [-0.25, -0.2) is 0 Å². The van der Waals surface area contributed by atoms with E-state index in [4.69, 9.17) is 5.73 Å². The Balaban J connectivity index is 2.23. The molecule has 0 spiro atoms. The van der Waals surface area contributed by atoms with Crippen molar-refractivity contribution in [1.82, 2.24) is 4.90 Å². The van der Waals surface area contributed by atoms with E-state index < -0.39 is 0 Å². The zero-order valence-electron chi connectivity index (χ0n) is 7.71. The minimum Gasteiger partial charge on any atom is -0.327 e. The third kappa shape index (κ3) is 3.21. The van der Waals surface area contributed by atoms with Gasteiger partial charge in [0.25, 0.3) is 0 Å². The molecule has 1 rings (SSSR count). The maximum atomic E-state index is 5.86. The van der Waals surface area contributed by atoms with Gasteiger partial charge in [-0.3, -0.25) is 0 Å². The Morgan fingerprint density at radius 1 is 1.55 bits per heavy atom. The van der Waals surface area contributed by atoms with Gasteiger partial charge in [-0.05, 0) is 25.3 Å². The minimum atomic E-state index is 0.433. The highest BCUT2D eigenvalue weighted by Crippen LogP contribution is 2.09. The summed E-state index contributed by atoms with van der Waals surface area (Å²) in [5, 5.41) is 0. The second-order valence-electron chi connectivity index (χ2n) is 4.06. The maximum absolute atomic E-state index is 5.86. The fourth-order valence-corrected chi connectivity index (χ4v) is 1.77. The summed E-state index contributed by atoms with van der Waals surface area (Å²) >= 11 is 0. The van der Waals surface area contributed by atoms with E-state index in [9.17, 15) is 0 Å². The van der Waals surface area contributed by atoms with Gasteiger partial charge in [0.2, 0.25) is 0 Å². The quantitative estimate of drug-likeness (QED) is 0.648. The van der Waals surface area contributed by atoms with Crippen molar-refractivity contribution >= 4 is 0 Å². The lowest BCUT2D eigenvalue weighted by atomic mass is 10.1. The van der Waals surface area contributed by atoms with Crippen molar-refractivity contribution in [2.75, 3.05) is 19.6 Å². The van der Waals surface area contributed by atoms with Gasteiger partial charge in [-0.2, -0.15) is 0 Å². The van der Waals surface area contributed by atoms with Gasteiger partial charge in [0.1, 0.15) is 0 Å². The summed E-state index contributed by atoms with van der Waals surface area (Å²) in [6, 6.07) is 0.433. The molecule has 1 atom stereocenters. The Labute approximate surface area is 69.8 Å². The van der Waals surface area contributed by atoms with Crippen molar-refractivity contribution in [1.29, 1.82) is 0 Å². The van der Waals surface area contributed by atoms with Crippen LogP contribution in [0.3, 0.4) is 0 Å². The molecule has 0 amide bonds. The largest absolute Gasteiger partial charge is 0.327 e. The van der Waals surface area contributed by atoms with E-state index in [2.05, 4.69) is 18.7 Å². The third-order valence-electron chi connectivity index (χ3n) is 2.17. The number of nitrogens with zero attached hydrogens (tertiary/aromatic N) is 1. The normalized spacial score (nSPS) is 27.8. The minimum absolute atomic E-state index is 0.433. The first-order valence-electron chi connectivity index (χ1n) is 4.66. The monoisotopic (exact) mass is 156 g/mol. The SMILES string of the molecule is CC(C)CN1CCC[C@@H](N)C1. The van der Waals surface area contributed by atoms with Crippen LogP contribution in [-0.2, 0) is 0 Å². The van der Waals surface area contributed by atoms with E-state index in [1.54, 1.807) is 0 Å². The van der Waals surface area contributed by atoms with Crippen LogP contribution in [0.25, 0.3) is 0 Å². The first kappa shape index (κ1) is 9.01. The Hall–Kier alpha value is -0.0800. The summed E-state index contributed by atoms with van der Waals surface area (Å²) in [7, 11) is 0. The van der Waals surface area contributed by atoms with Gasteiger partial charge in [-0.1, -0.05) is 13.8 Å². The number of likely N-dealkylation sites (tertiary alicyclic amines) is 1. The number of hydrogen-bond acceptors (Lipinski definition) is 2. The van der Waals surface area contributed by atoms with Crippen LogP contribution in [0, 0.1) is 5.92 Å². The molecule has 1 saturated heterocycles. The Morgan fingerprint density at radius 2 is 2.27 bits per heavy atom. The summed E-state index contributed by atoms with van der Waals surface area (Å²) in [4.78, 5) is 2.48. The van der Waals surface area contributed by atoms with Crippen molar-refractivity contribution in [3.05, 3.63) is 0 Å². The van der Waals surface area contributed by atoms with Gasteiger partial charge >= 0.3 is 0 Å². The molecule has 66 valence electrons. The van der Waals surface area contributed by atoms with Gasteiger partial charge in [-0.15, -0.1) is 0 Å². The van der Waals surface area contributed by atoms with Crippen molar-refractivity contribution in [2.45, 2.75) is 32.7 Å². The van der Waals surface area contributed by atoms with Crippen LogP contribution in [0.2, 0.25) is 0 Å². The molecule has 1 aliphatic rings. The van der Waals surface area contributed by atoms with Gasteiger partial charge in [0.15, 0.2) is 0 Å². The van der Waals surface area contributed by atoms with Crippen molar-refractivity contribution in [3.8, 4) is 0 Å². The van der Waals surface area contributed by atoms with Crippen LogP contribution < -0.4 is 5.73 Å². The second kappa shape index (κ2) is 4.07. The average Bonchev–Trinajstić information content (AvgIpc) is 1.85. The molecule has 2 N–H and O–H groups in total. The Kier molecular flexibility index (Phi) is 3.34. The topological polar surface area (TPSA) is 29.3 Å². The van der Waals surface area contributed by atoms with E-state index in [1.807, 2.05) is 0 Å². The molecule has 0 aromatic carbocycles. The number of piperidine rings is 1. The summed E-state index contributed by atoms with van der Waals surface area (Å²) in [6.45, 7) is 8.11. The maximum Gasteiger partial charge on any atom is 0.0168 e. The molecule has 0 bridgehead atoms. The fourth-order valence-electron chi connectivity index (χ4n) is 1.77. The van der Waals surface area contributed by atoms with Crippen LogP contribution in [0.1, 0.15) is 26.7 Å². The van der Waals surface area contributed by atoms with Crippen molar-refractivity contribution < 1.29 is 0 Å². The van der Waals surface area contributed by atoms with Crippen LogP contribution in [-0.4, -0.2) is 30.6 Å². The van der Waals surface area contributed by atoms with E-state index >= 15 is 0 Å². The summed E-state index contributed by atoms with van der Waals surface area (Å²) < 4.78 is 0. The van der Waals surface area contributed by atoms with Crippen molar-refractivity contribution in [2.24, 2.45) is 11.7 Å². The highest BCUT2D eigenvalue weighted by molar-refractivity contribution is 4.75. The summed E-state index contributed by atoms with van der Waals surface area (Å²) in [5.74, 6) is 0.778. The number of rotatable bonds is 2. The smallest absolute Gasteiger partial charge is 0.0168 e. The molecule has 0 aliphatic carbocycles. The molecule has 0 unspecified atom stereocenters. The predicted octanol–water partition coefficient (Wildman–Crippen LogP) is 1.07. The van der Waals surface area contributed by atoms with Crippen LogP contribution in [0.4, 0.5) is 0 Å². The highest BCUT2D eigenvalue weighted by atomic mass is 15.1. The van der Waals surface area contributed by atoms with E-state index in [0.29, 0.717) is 6.04 Å². The number of hydrogen-bond donors (Lipinski definition) is 1. The second-order valence-corrected chi connectivity index (χ2v) is 4.06. The first-order chi connectivity index (χ1) is 5.18. The third-order valence-corrected chi connectivity index (χ3v) is 2.17. The van der Waals surface area contributed by atoms with E-state index in [-0.39, 0.29) is 0 Å². The first-order valence-corrected chi connectivity index (χ1v) is 4.66. The van der Waals surface area contributed by atoms with E-state index in [1.165, 1.54) is 25.9 Å².